The molecule has 0 spiro atoms. The van der Waals surface area contributed by atoms with Gasteiger partial charge in [-0.05, 0) is 42.0 Å². The summed E-state index contributed by atoms with van der Waals surface area (Å²) in [5, 5.41) is 3.51. The van der Waals surface area contributed by atoms with E-state index in [9.17, 15) is 14.4 Å². The van der Waals surface area contributed by atoms with Crippen LogP contribution in [-0.4, -0.2) is 41.8 Å². The summed E-state index contributed by atoms with van der Waals surface area (Å²) in [6.45, 7) is 0.250. The minimum absolute atomic E-state index is 0.0413. The molecule has 0 saturated carbocycles. The van der Waals surface area contributed by atoms with Crippen molar-refractivity contribution in [2.75, 3.05) is 21.3 Å². The van der Waals surface area contributed by atoms with Crippen LogP contribution in [0.5, 0.6) is 17.4 Å². The average Bonchev–Trinajstić information content (AvgIpc) is 2.87. The van der Waals surface area contributed by atoms with Gasteiger partial charge in [0.1, 0.15) is 11.6 Å². The highest BCUT2D eigenvalue weighted by Crippen LogP contribution is 2.26. The first-order valence-corrected chi connectivity index (χ1v) is 10.7. The second kappa shape index (κ2) is 9.90. The molecular formula is C24H21ClN4O6. The lowest BCUT2D eigenvalue weighted by atomic mass is 10.1. The highest BCUT2D eigenvalue weighted by atomic mass is 35.5. The number of ether oxygens (including phenoxy) is 3. The summed E-state index contributed by atoms with van der Waals surface area (Å²) in [5.41, 5.74) is -0.198. The smallest absolute Gasteiger partial charge is 0.334 e. The van der Waals surface area contributed by atoms with Crippen molar-refractivity contribution in [1.29, 1.82) is 0 Å². The van der Waals surface area contributed by atoms with Gasteiger partial charge in [-0.3, -0.25) is 9.59 Å². The number of aromatic nitrogens is 3. The Kier molecular flexibility index (Phi) is 6.74. The van der Waals surface area contributed by atoms with Crippen LogP contribution >= 0.6 is 11.6 Å². The van der Waals surface area contributed by atoms with Crippen molar-refractivity contribution in [1.82, 2.24) is 19.9 Å². The van der Waals surface area contributed by atoms with Gasteiger partial charge in [-0.15, -0.1) is 0 Å². The third-order valence-corrected chi connectivity index (χ3v) is 5.53. The number of fused-ring (bicyclic) bond motifs is 1. The number of benzene rings is 2. The molecule has 0 atom stereocenters. The first-order valence-electron chi connectivity index (χ1n) is 10.4. The predicted octanol–water partition coefficient (Wildman–Crippen LogP) is 2.68. The first-order chi connectivity index (χ1) is 16.9. The lowest BCUT2D eigenvalue weighted by Gasteiger charge is -2.13. The maximum atomic E-state index is 13.3. The number of aromatic amines is 1. The van der Waals surface area contributed by atoms with Gasteiger partial charge in [-0.2, -0.15) is 4.98 Å². The molecule has 0 unspecified atom stereocenters. The van der Waals surface area contributed by atoms with E-state index in [1.807, 2.05) is 0 Å². The number of nitrogens with one attached hydrogen (secondary N) is 2. The number of hydrogen-bond donors (Lipinski definition) is 2. The van der Waals surface area contributed by atoms with E-state index in [4.69, 9.17) is 25.8 Å². The molecule has 4 aromatic rings. The number of hydrogen-bond acceptors (Lipinski definition) is 7. The summed E-state index contributed by atoms with van der Waals surface area (Å²) in [7, 11) is 4.23. The van der Waals surface area contributed by atoms with Gasteiger partial charge in [0.15, 0.2) is 5.75 Å². The van der Waals surface area contributed by atoms with E-state index in [1.54, 1.807) is 24.3 Å². The Bertz CT molecular complexity index is 1530. The predicted molar refractivity (Wildman–Crippen MR) is 130 cm³/mol. The first kappa shape index (κ1) is 23.8. The summed E-state index contributed by atoms with van der Waals surface area (Å²) >= 11 is 5.89. The zero-order valence-corrected chi connectivity index (χ0v) is 19.8. The standard InChI is InChI=1S/C24H21ClN4O6/c1-33-18-8-9-20(28-22(18)35-3)29-23(31)15-11-19(34-2)16(10-17(15)27-24(29)32)21(30)26-12-13-4-6-14(25)7-5-13/h4-11H,12H2,1-3H3,(H,26,30)(H,27,32). The molecule has 2 aromatic carbocycles. The lowest BCUT2D eigenvalue weighted by Crippen LogP contribution is -2.34. The number of nitrogens with zero attached hydrogens (tertiary/aromatic N) is 2. The number of halogens is 1. The van der Waals surface area contributed by atoms with Crippen molar-refractivity contribution < 1.29 is 19.0 Å². The molecule has 2 N–H and O–H groups in total. The summed E-state index contributed by atoms with van der Waals surface area (Å²) in [6, 6.07) is 12.8. The highest BCUT2D eigenvalue weighted by molar-refractivity contribution is 6.30. The van der Waals surface area contributed by atoms with Gasteiger partial charge >= 0.3 is 5.69 Å². The van der Waals surface area contributed by atoms with Crippen molar-refractivity contribution in [3.8, 4) is 23.2 Å². The fourth-order valence-electron chi connectivity index (χ4n) is 3.52. The topological polar surface area (TPSA) is 125 Å². The highest BCUT2D eigenvalue weighted by Gasteiger charge is 2.19. The molecule has 1 amide bonds. The number of pyridine rings is 1. The van der Waals surface area contributed by atoms with Crippen molar-refractivity contribution >= 4 is 28.4 Å². The van der Waals surface area contributed by atoms with Crippen molar-refractivity contribution in [2.45, 2.75) is 6.54 Å². The Morgan fingerprint density at radius 3 is 2.37 bits per heavy atom. The number of carbonyl (C=O) groups excluding carboxylic acids is 1. The van der Waals surface area contributed by atoms with Gasteiger partial charge in [0.2, 0.25) is 0 Å². The fraction of sp³-hybridized carbons (Fsp3) is 0.167. The van der Waals surface area contributed by atoms with Gasteiger partial charge in [-0.25, -0.2) is 9.36 Å². The van der Waals surface area contributed by atoms with E-state index in [0.717, 1.165) is 10.1 Å². The Morgan fingerprint density at radius 1 is 1.00 bits per heavy atom. The van der Waals surface area contributed by atoms with Crippen LogP contribution in [0.4, 0.5) is 0 Å². The molecule has 2 aromatic heterocycles. The molecule has 0 fully saturated rings. The van der Waals surface area contributed by atoms with Gasteiger partial charge in [0, 0.05) is 11.6 Å². The van der Waals surface area contributed by atoms with Crippen LogP contribution < -0.4 is 30.8 Å². The molecule has 2 heterocycles. The molecule has 0 aliphatic rings. The number of H-pyrrole nitrogens is 1. The van der Waals surface area contributed by atoms with Crippen LogP contribution in [0.15, 0.2) is 58.1 Å². The Morgan fingerprint density at radius 2 is 1.71 bits per heavy atom. The molecule has 4 rings (SSSR count). The van der Waals surface area contributed by atoms with E-state index in [-0.39, 0.29) is 40.5 Å². The van der Waals surface area contributed by atoms with Crippen LogP contribution in [0.2, 0.25) is 5.02 Å². The molecule has 11 heteroatoms. The second-order valence-corrected chi connectivity index (χ2v) is 7.80. The van der Waals surface area contributed by atoms with Crippen LogP contribution in [-0.2, 0) is 6.54 Å². The lowest BCUT2D eigenvalue weighted by molar-refractivity contribution is 0.0948. The monoisotopic (exact) mass is 496 g/mol. The average molecular weight is 497 g/mol. The number of methoxy groups -OCH3 is 3. The van der Waals surface area contributed by atoms with E-state index in [1.165, 1.54) is 45.6 Å². The van der Waals surface area contributed by atoms with Gasteiger partial charge < -0.3 is 24.5 Å². The van der Waals surface area contributed by atoms with Gasteiger partial charge in [0.25, 0.3) is 17.3 Å². The number of amides is 1. The molecular weight excluding hydrogens is 476 g/mol. The van der Waals surface area contributed by atoms with E-state index >= 15 is 0 Å². The third kappa shape index (κ3) is 4.69. The Hall–Kier alpha value is -4.31. The maximum absolute atomic E-state index is 13.3. The molecule has 0 saturated heterocycles. The maximum Gasteiger partial charge on any atom is 0.334 e. The molecule has 35 heavy (non-hydrogen) atoms. The van der Waals surface area contributed by atoms with Crippen molar-refractivity contribution in [3.05, 3.63) is 85.5 Å². The zero-order valence-electron chi connectivity index (χ0n) is 19.0. The normalized spacial score (nSPS) is 10.7. The summed E-state index contributed by atoms with van der Waals surface area (Å²) in [4.78, 5) is 45.8. The third-order valence-electron chi connectivity index (χ3n) is 5.28. The fourth-order valence-corrected chi connectivity index (χ4v) is 3.65. The van der Waals surface area contributed by atoms with Crippen LogP contribution in [0, 0.1) is 0 Å². The van der Waals surface area contributed by atoms with E-state index < -0.39 is 17.2 Å². The van der Waals surface area contributed by atoms with Crippen LogP contribution in [0.1, 0.15) is 15.9 Å². The zero-order chi connectivity index (χ0) is 25.1. The Labute approximate surface area is 204 Å². The summed E-state index contributed by atoms with van der Waals surface area (Å²) in [6.07, 6.45) is 0. The molecule has 0 aliphatic carbocycles. The van der Waals surface area contributed by atoms with Gasteiger partial charge in [0.05, 0.1) is 37.8 Å². The Balaban J connectivity index is 1.75. The van der Waals surface area contributed by atoms with Crippen LogP contribution in [0.25, 0.3) is 16.7 Å². The molecule has 180 valence electrons. The number of carbonyl (C=O) groups is 1. The quantitative estimate of drug-likeness (QED) is 0.403. The van der Waals surface area contributed by atoms with Crippen molar-refractivity contribution in [2.24, 2.45) is 0 Å². The van der Waals surface area contributed by atoms with E-state index in [0.29, 0.717) is 10.8 Å². The van der Waals surface area contributed by atoms with Crippen LogP contribution in [0.3, 0.4) is 0 Å². The van der Waals surface area contributed by atoms with E-state index in [2.05, 4.69) is 15.3 Å². The molecule has 0 radical (unpaired) electrons. The number of rotatable bonds is 7. The minimum Gasteiger partial charge on any atom is -0.496 e. The molecule has 10 nitrogen and oxygen atoms in total. The van der Waals surface area contributed by atoms with Crippen molar-refractivity contribution in [3.63, 3.8) is 0 Å². The summed E-state index contributed by atoms with van der Waals surface area (Å²) < 4.78 is 16.6. The largest absolute Gasteiger partial charge is 0.496 e. The molecule has 0 bridgehead atoms. The SMILES string of the molecule is COc1cc2c(=O)n(-c3ccc(OC)c(OC)n3)c(=O)[nH]c2cc1C(=O)NCc1ccc(Cl)cc1. The second-order valence-electron chi connectivity index (χ2n) is 7.36. The minimum atomic E-state index is -0.736. The van der Waals surface area contributed by atoms with Gasteiger partial charge in [-0.1, -0.05) is 23.7 Å². The molecule has 0 aliphatic heterocycles. The summed E-state index contributed by atoms with van der Waals surface area (Å²) in [5.74, 6) is 0.228.